The number of nitrogens with zero attached hydrogens (tertiary/aromatic N) is 1. The Morgan fingerprint density at radius 2 is 2.05 bits per heavy atom. The van der Waals surface area contributed by atoms with E-state index in [9.17, 15) is 9.59 Å². The van der Waals surface area contributed by atoms with E-state index in [0.717, 1.165) is 12.8 Å². The second-order valence-electron chi connectivity index (χ2n) is 6.30. The number of nitrogens with two attached hydrogens (primary N) is 1. The molecule has 1 heterocycles. The average molecular weight is 286 g/mol. The Hall–Kier alpha value is -1.30. The van der Waals surface area contributed by atoms with Gasteiger partial charge in [-0.3, -0.25) is 4.79 Å². The van der Waals surface area contributed by atoms with E-state index in [-0.39, 0.29) is 12.0 Å². The molecular weight excluding hydrogens is 260 g/mol. The molecule has 1 fully saturated rings. The number of esters is 1. The molecule has 1 rings (SSSR count). The lowest BCUT2D eigenvalue weighted by atomic mass is 9.92. The van der Waals surface area contributed by atoms with Crippen LogP contribution in [0, 0.1) is 5.92 Å². The number of carbonyl (C=O) groups excluding carboxylic acids is 2. The van der Waals surface area contributed by atoms with Gasteiger partial charge in [0, 0.05) is 13.1 Å². The predicted octanol–water partition coefficient (Wildman–Crippen LogP) is 1.52. The van der Waals surface area contributed by atoms with Crippen LogP contribution in [0.2, 0.25) is 0 Å². The lowest BCUT2D eigenvalue weighted by Gasteiger charge is -2.34. The number of carbonyl (C=O) groups is 2. The number of rotatable bonds is 3. The Labute approximate surface area is 120 Å². The van der Waals surface area contributed by atoms with Crippen molar-refractivity contribution in [1.29, 1.82) is 0 Å². The monoisotopic (exact) mass is 286 g/mol. The second-order valence-corrected chi connectivity index (χ2v) is 6.30. The largest absolute Gasteiger partial charge is 0.468 e. The third-order valence-electron chi connectivity index (χ3n) is 3.26. The van der Waals surface area contributed by atoms with Crippen molar-refractivity contribution in [2.24, 2.45) is 11.7 Å². The molecule has 1 saturated heterocycles. The predicted molar refractivity (Wildman–Crippen MR) is 75.1 cm³/mol. The maximum atomic E-state index is 12.0. The van der Waals surface area contributed by atoms with Gasteiger partial charge >= 0.3 is 12.1 Å². The van der Waals surface area contributed by atoms with Crippen molar-refractivity contribution in [2.75, 3.05) is 20.2 Å². The van der Waals surface area contributed by atoms with E-state index in [1.165, 1.54) is 7.11 Å². The summed E-state index contributed by atoms with van der Waals surface area (Å²) in [6.45, 7) is 6.82. The summed E-state index contributed by atoms with van der Waals surface area (Å²) >= 11 is 0. The minimum Gasteiger partial charge on any atom is -0.468 e. The summed E-state index contributed by atoms with van der Waals surface area (Å²) in [5.74, 6) is -0.190. The lowest BCUT2D eigenvalue weighted by molar-refractivity contribution is -0.142. The SMILES string of the molecule is COC(=O)C(N)CC1CCCN(C(=O)OC(C)(C)C)C1. The van der Waals surface area contributed by atoms with Crippen LogP contribution in [0.4, 0.5) is 4.79 Å². The number of likely N-dealkylation sites (tertiary alicyclic amines) is 1. The normalized spacial score (nSPS) is 21.2. The Balaban J connectivity index is 2.50. The number of hydrogen-bond acceptors (Lipinski definition) is 5. The molecular formula is C14H26N2O4. The van der Waals surface area contributed by atoms with E-state index in [1.807, 2.05) is 20.8 Å². The van der Waals surface area contributed by atoms with Crippen LogP contribution >= 0.6 is 0 Å². The fourth-order valence-electron chi connectivity index (χ4n) is 2.36. The highest BCUT2D eigenvalue weighted by molar-refractivity contribution is 5.75. The van der Waals surface area contributed by atoms with Gasteiger partial charge in [0.05, 0.1) is 7.11 Å². The molecule has 0 aromatic carbocycles. The zero-order chi connectivity index (χ0) is 15.3. The van der Waals surface area contributed by atoms with Crippen LogP contribution in [-0.4, -0.2) is 48.8 Å². The average Bonchev–Trinajstić information content (AvgIpc) is 2.36. The van der Waals surface area contributed by atoms with Gasteiger partial charge in [-0.25, -0.2) is 4.79 Å². The molecule has 0 aromatic rings. The Morgan fingerprint density at radius 1 is 1.40 bits per heavy atom. The summed E-state index contributed by atoms with van der Waals surface area (Å²) in [7, 11) is 1.33. The Kier molecular flexibility index (Phi) is 5.80. The van der Waals surface area contributed by atoms with Crippen LogP contribution in [0.5, 0.6) is 0 Å². The van der Waals surface area contributed by atoms with Gasteiger partial charge in [0.25, 0.3) is 0 Å². The minimum atomic E-state index is -0.622. The quantitative estimate of drug-likeness (QED) is 0.795. The zero-order valence-electron chi connectivity index (χ0n) is 12.8. The second kappa shape index (κ2) is 6.92. The Morgan fingerprint density at radius 3 is 2.60 bits per heavy atom. The summed E-state index contributed by atoms with van der Waals surface area (Å²) in [5.41, 5.74) is 5.28. The van der Waals surface area contributed by atoms with Gasteiger partial charge in [-0.2, -0.15) is 0 Å². The highest BCUT2D eigenvalue weighted by Gasteiger charge is 2.29. The molecule has 20 heavy (non-hydrogen) atoms. The standard InChI is InChI=1S/C14H26N2O4/c1-14(2,3)20-13(18)16-7-5-6-10(9-16)8-11(15)12(17)19-4/h10-11H,5-9,15H2,1-4H3. The fourth-order valence-corrected chi connectivity index (χ4v) is 2.36. The van der Waals surface area contributed by atoms with Gasteiger partial charge in [0.15, 0.2) is 0 Å². The molecule has 0 bridgehead atoms. The molecule has 6 nitrogen and oxygen atoms in total. The summed E-state index contributed by atoms with van der Waals surface area (Å²) in [6, 6.07) is -0.622. The molecule has 2 unspecified atom stereocenters. The minimum absolute atomic E-state index is 0.213. The first-order valence-corrected chi connectivity index (χ1v) is 7.04. The highest BCUT2D eigenvalue weighted by Crippen LogP contribution is 2.22. The van der Waals surface area contributed by atoms with E-state index in [0.29, 0.717) is 19.5 Å². The molecule has 0 saturated carbocycles. The van der Waals surface area contributed by atoms with Crippen molar-refractivity contribution in [3.05, 3.63) is 0 Å². The first-order valence-electron chi connectivity index (χ1n) is 7.04. The number of piperidine rings is 1. The molecule has 6 heteroatoms. The smallest absolute Gasteiger partial charge is 0.410 e. The maximum absolute atomic E-state index is 12.0. The van der Waals surface area contributed by atoms with Gasteiger partial charge < -0.3 is 20.1 Å². The molecule has 116 valence electrons. The van der Waals surface area contributed by atoms with Gasteiger partial charge in [-0.05, 0) is 46.0 Å². The number of hydrogen-bond donors (Lipinski definition) is 1. The molecule has 0 aliphatic carbocycles. The van der Waals surface area contributed by atoms with E-state index < -0.39 is 17.6 Å². The van der Waals surface area contributed by atoms with Crippen molar-refractivity contribution < 1.29 is 19.1 Å². The van der Waals surface area contributed by atoms with Crippen LogP contribution in [0.25, 0.3) is 0 Å². The van der Waals surface area contributed by atoms with Crippen molar-refractivity contribution in [3.63, 3.8) is 0 Å². The van der Waals surface area contributed by atoms with Crippen LogP contribution in [-0.2, 0) is 14.3 Å². The van der Waals surface area contributed by atoms with Gasteiger partial charge in [0.1, 0.15) is 11.6 Å². The van der Waals surface area contributed by atoms with Gasteiger partial charge in [-0.15, -0.1) is 0 Å². The molecule has 2 atom stereocenters. The van der Waals surface area contributed by atoms with Crippen molar-refractivity contribution in [3.8, 4) is 0 Å². The third-order valence-corrected chi connectivity index (χ3v) is 3.26. The molecule has 0 aromatic heterocycles. The van der Waals surface area contributed by atoms with E-state index in [4.69, 9.17) is 10.5 Å². The molecule has 2 N–H and O–H groups in total. The van der Waals surface area contributed by atoms with Crippen molar-refractivity contribution >= 4 is 12.1 Å². The van der Waals surface area contributed by atoms with E-state index in [2.05, 4.69) is 4.74 Å². The molecule has 1 aliphatic heterocycles. The van der Waals surface area contributed by atoms with Crippen LogP contribution in [0.3, 0.4) is 0 Å². The zero-order valence-corrected chi connectivity index (χ0v) is 12.8. The van der Waals surface area contributed by atoms with Crippen molar-refractivity contribution in [1.82, 2.24) is 4.90 Å². The fraction of sp³-hybridized carbons (Fsp3) is 0.857. The topological polar surface area (TPSA) is 81.9 Å². The van der Waals surface area contributed by atoms with Crippen molar-refractivity contribution in [2.45, 2.75) is 51.7 Å². The summed E-state index contributed by atoms with van der Waals surface area (Å²) < 4.78 is 9.99. The highest BCUT2D eigenvalue weighted by atomic mass is 16.6. The number of ether oxygens (including phenoxy) is 2. The lowest BCUT2D eigenvalue weighted by Crippen LogP contribution is -2.45. The van der Waals surface area contributed by atoms with Gasteiger partial charge in [0.2, 0.25) is 0 Å². The molecule has 1 amide bonds. The third kappa shape index (κ3) is 5.36. The Bertz CT molecular complexity index is 352. The number of methoxy groups -OCH3 is 1. The van der Waals surface area contributed by atoms with Gasteiger partial charge in [-0.1, -0.05) is 0 Å². The summed E-state index contributed by atoms with van der Waals surface area (Å²) in [5, 5.41) is 0. The summed E-state index contributed by atoms with van der Waals surface area (Å²) in [4.78, 5) is 25.0. The number of amides is 1. The molecule has 0 spiro atoms. The maximum Gasteiger partial charge on any atom is 0.410 e. The van der Waals surface area contributed by atoms with E-state index in [1.54, 1.807) is 4.90 Å². The van der Waals surface area contributed by atoms with E-state index >= 15 is 0 Å². The first-order chi connectivity index (χ1) is 9.23. The first kappa shape index (κ1) is 16.8. The van der Waals surface area contributed by atoms with Crippen LogP contribution in [0.15, 0.2) is 0 Å². The summed E-state index contributed by atoms with van der Waals surface area (Å²) in [6.07, 6.45) is 2.10. The van der Waals surface area contributed by atoms with Crippen LogP contribution in [0.1, 0.15) is 40.0 Å². The molecule has 0 radical (unpaired) electrons. The van der Waals surface area contributed by atoms with Crippen LogP contribution < -0.4 is 5.73 Å². The molecule has 1 aliphatic rings.